The second-order valence-electron chi connectivity index (χ2n) is 6.79. The van der Waals surface area contributed by atoms with Crippen molar-refractivity contribution in [3.05, 3.63) is 65.0 Å². The Morgan fingerprint density at radius 2 is 2.16 bits per heavy atom. The van der Waals surface area contributed by atoms with Crippen LogP contribution in [0.25, 0.3) is 11.3 Å². The van der Waals surface area contributed by atoms with Crippen LogP contribution in [0.5, 0.6) is 5.75 Å². The molecule has 160 valence electrons. The van der Waals surface area contributed by atoms with Crippen molar-refractivity contribution in [2.24, 2.45) is 0 Å². The fourth-order valence-corrected chi connectivity index (χ4v) is 3.30. The van der Waals surface area contributed by atoms with Crippen LogP contribution in [-0.4, -0.2) is 46.5 Å². The minimum atomic E-state index is -1.09. The molecular formula is C21H14ClFN6O3. The van der Waals surface area contributed by atoms with Crippen LogP contribution in [0, 0.1) is 17.1 Å². The Kier molecular flexibility index (Phi) is 5.66. The molecule has 4 rings (SSSR count). The molecule has 2 amide bonds. The zero-order chi connectivity index (χ0) is 22.8. The maximum Gasteiger partial charge on any atom is 0.289 e. The molecular weight excluding hydrogens is 439 g/mol. The summed E-state index contributed by atoms with van der Waals surface area (Å²) in [5.41, 5.74) is 1.19. The lowest BCUT2D eigenvalue weighted by atomic mass is 10.1. The lowest BCUT2D eigenvalue weighted by molar-refractivity contribution is -0.120. The number of likely N-dealkylation sites (N-methyl/N-ethyl adjacent to an activating group) is 1. The van der Waals surface area contributed by atoms with Gasteiger partial charge in [0.2, 0.25) is 5.82 Å². The number of fused-ring (bicyclic) bond motifs is 1. The molecule has 0 radical (unpaired) electrons. The lowest BCUT2D eigenvalue weighted by Gasteiger charge is -2.19. The number of halogens is 2. The number of hydrogen-bond acceptors (Lipinski definition) is 7. The number of nitriles is 1. The molecule has 1 unspecified atom stereocenters. The number of amides is 2. The van der Waals surface area contributed by atoms with E-state index in [2.05, 4.69) is 20.3 Å². The summed E-state index contributed by atoms with van der Waals surface area (Å²) < 4.78 is 19.0. The Balaban J connectivity index is 1.58. The molecule has 32 heavy (non-hydrogen) atoms. The van der Waals surface area contributed by atoms with Gasteiger partial charge in [-0.1, -0.05) is 23.7 Å². The zero-order valence-corrected chi connectivity index (χ0v) is 17.3. The van der Waals surface area contributed by atoms with Crippen LogP contribution in [0.1, 0.15) is 16.2 Å². The highest BCUT2D eigenvalue weighted by Crippen LogP contribution is 2.29. The van der Waals surface area contributed by atoms with Gasteiger partial charge >= 0.3 is 0 Å². The first-order valence-corrected chi connectivity index (χ1v) is 9.65. The van der Waals surface area contributed by atoms with Gasteiger partial charge in [0.15, 0.2) is 11.6 Å². The molecule has 11 heteroatoms. The highest BCUT2D eigenvalue weighted by molar-refractivity contribution is 6.33. The number of anilines is 1. The third-order valence-electron chi connectivity index (χ3n) is 4.67. The van der Waals surface area contributed by atoms with Crippen LogP contribution in [0.15, 0.2) is 42.7 Å². The van der Waals surface area contributed by atoms with Crippen molar-refractivity contribution in [2.45, 2.75) is 6.04 Å². The van der Waals surface area contributed by atoms with Gasteiger partial charge < -0.3 is 10.1 Å². The Morgan fingerprint density at radius 1 is 1.34 bits per heavy atom. The highest BCUT2D eigenvalue weighted by Gasteiger charge is 2.32. The fraction of sp³-hybridized carbons (Fsp3) is 0.143. The van der Waals surface area contributed by atoms with Crippen molar-refractivity contribution >= 4 is 29.2 Å². The van der Waals surface area contributed by atoms with E-state index in [9.17, 15) is 14.0 Å². The van der Waals surface area contributed by atoms with Gasteiger partial charge in [-0.3, -0.25) is 14.5 Å². The number of pyridine rings is 1. The van der Waals surface area contributed by atoms with Crippen LogP contribution >= 0.6 is 11.6 Å². The summed E-state index contributed by atoms with van der Waals surface area (Å²) in [6, 6.07) is 8.61. The van der Waals surface area contributed by atoms with E-state index in [1.165, 1.54) is 18.1 Å². The molecule has 3 heterocycles. The summed E-state index contributed by atoms with van der Waals surface area (Å²) in [4.78, 5) is 38.8. The highest BCUT2D eigenvalue weighted by atomic mass is 35.5. The van der Waals surface area contributed by atoms with E-state index in [-0.39, 0.29) is 34.7 Å². The Bertz CT molecular complexity index is 1280. The average molecular weight is 453 g/mol. The smallest absolute Gasteiger partial charge is 0.289 e. The maximum absolute atomic E-state index is 13.5. The summed E-state index contributed by atoms with van der Waals surface area (Å²) >= 11 is 6.19. The second-order valence-corrected chi connectivity index (χ2v) is 7.20. The van der Waals surface area contributed by atoms with Gasteiger partial charge in [0.1, 0.15) is 18.5 Å². The molecule has 1 atom stereocenters. The van der Waals surface area contributed by atoms with Crippen molar-refractivity contribution in [1.82, 2.24) is 20.3 Å². The van der Waals surface area contributed by atoms with E-state index in [0.29, 0.717) is 11.1 Å². The molecule has 1 aliphatic heterocycles. The van der Waals surface area contributed by atoms with E-state index in [4.69, 9.17) is 21.6 Å². The molecule has 0 fully saturated rings. The van der Waals surface area contributed by atoms with Gasteiger partial charge in [-0.15, -0.1) is 0 Å². The van der Waals surface area contributed by atoms with Gasteiger partial charge in [0.05, 0.1) is 34.7 Å². The standard InChI is InChI=1S/C21H14ClFN6O3/c1-29-19-16(6-13(23)8-26-19)32-10-15(21(29)31)27-20(30)18-25-9-14(22)17(28-18)12-4-2-3-11(5-12)7-24/h2-6,8-9,15H,10H2,1H3,(H,27,30). The Hall–Kier alpha value is -4.10. The topological polar surface area (TPSA) is 121 Å². The molecule has 0 aliphatic carbocycles. The van der Waals surface area contributed by atoms with Crippen molar-refractivity contribution in [1.29, 1.82) is 5.26 Å². The lowest BCUT2D eigenvalue weighted by Crippen LogP contribution is -2.49. The summed E-state index contributed by atoms with van der Waals surface area (Å²) in [6.45, 7) is -0.238. The van der Waals surface area contributed by atoms with Crippen molar-refractivity contribution in [3.8, 4) is 23.1 Å². The molecule has 0 spiro atoms. The van der Waals surface area contributed by atoms with Crippen LogP contribution in [0.4, 0.5) is 10.2 Å². The monoisotopic (exact) mass is 452 g/mol. The zero-order valence-electron chi connectivity index (χ0n) is 16.5. The average Bonchev–Trinajstić information content (AvgIpc) is 2.91. The Labute approximate surface area is 186 Å². The van der Waals surface area contributed by atoms with E-state index in [0.717, 1.165) is 12.3 Å². The number of carbonyl (C=O) groups excluding carboxylic acids is 2. The first-order valence-electron chi connectivity index (χ1n) is 9.27. The molecule has 1 aromatic carbocycles. The van der Waals surface area contributed by atoms with E-state index < -0.39 is 23.7 Å². The molecule has 2 aromatic heterocycles. The fourth-order valence-electron chi connectivity index (χ4n) is 3.10. The molecule has 0 saturated carbocycles. The number of aromatic nitrogens is 3. The molecule has 0 saturated heterocycles. The Morgan fingerprint density at radius 3 is 2.94 bits per heavy atom. The molecule has 1 N–H and O–H groups in total. The van der Waals surface area contributed by atoms with Crippen molar-refractivity contribution in [2.75, 3.05) is 18.6 Å². The van der Waals surface area contributed by atoms with Gasteiger partial charge in [-0.2, -0.15) is 5.26 Å². The first-order chi connectivity index (χ1) is 15.4. The third-order valence-corrected chi connectivity index (χ3v) is 4.95. The number of ether oxygens (including phenoxy) is 1. The number of nitrogens with zero attached hydrogens (tertiary/aromatic N) is 5. The van der Waals surface area contributed by atoms with E-state index in [1.807, 2.05) is 6.07 Å². The van der Waals surface area contributed by atoms with E-state index in [1.54, 1.807) is 24.3 Å². The van der Waals surface area contributed by atoms with Crippen molar-refractivity contribution in [3.63, 3.8) is 0 Å². The number of rotatable bonds is 3. The summed E-state index contributed by atoms with van der Waals surface area (Å²) in [5.74, 6) is -1.87. The minimum absolute atomic E-state index is 0.0833. The van der Waals surface area contributed by atoms with Crippen LogP contribution in [0.3, 0.4) is 0 Å². The maximum atomic E-state index is 13.5. The quantitative estimate of drug-likeness (QED) is 0.647. The van der Waals surface area contributed by atoms with Crippen molar-refractivity contribution < 1.29 is 18.7 Å². The number of benzene rings is 1. The molecule has 3 aromatic rings. The minimum Gasteiger partial charge on any atom is -0.487 e. The van der Waals surface area contributed by atoms with Crippen LogP contribution in [0.2, 0.25) is 5.02 Å². The second kappa shape index (κ2) is 8.56. The molecule has 0 bridgehead atoms. The molecule has 1 aliphatic rings. The van der Waals surface area contributed by atoms with Gasteiger partial charge in [0, 0.05) is 18.7 Å². The SMILES string of the molecule is CN1C(=O)C(NC(=O)c2ncc(Cl)c(-c3cccc(C#N)c3)n2)COc2cc(F)cnc21. The normalized spacial score (nSPS) is 15.2. The largest absolute Gasteiger partial charge is 0.487 e. The van der Waals surface area contributed by atoms with Crippen LogP contribution < -0.4 is 15.0 Å². The predicted molar refractivity (Wildman–Crippen MR) is 112 cm³/mol. The molecule has 9 nitrogen and oxygen atoms in total. The van der Waals surface area contributed by atoms with E-state index >= 15 is 0 Å². The van der Waals surface area contributed by atoms with Gasteiger partial charge in [0.25, 0.3) is 11.8 Å². The third kappa shape index (κ3) is 4.06. The summed E-state index contributed by atoms with van der Waals surface area (Å²) in [7, 11) is 1.44. The van der Waals surface area contributed by atoms with Gasteiger partial charge in [-0.05, 0) is 12.1 Å². The number of hydrogen-bond donors (Lipinski definition) is 1. The summed E-state index contributed by atoms with van der Waals surface area (Å²) in [5, 5.41) is 11.8. The van der Waals surface area contributed by atoms with Crippen LogP contribution in [-0.2, 0) is 4.79 Å². The summed E-state index contributed by atoms with van der Waals surface area (Å²) in [6.07, 6.45) is 2.23. The number of nitrogens with one attached hydrogen (secondary N) is 1. The number of carbonyl (C=O) groups is 2. The first kappa shape index (κ1) is 21.1. The predicted octanol–water partition coefficient (Wildman–Crippen LogP) is 2.36. The van der Waals surface area contributed by atoms with Gasteiger partial charge in [-0.25, -0.2) is 19.3 Å².